The summed E-state index contributed by atoms with van der Waals surface area (Å²) in [6, 6.07) is 14.3. The second-order valence-corrected chi connectivity index (χ2v) is 9.19. The summed E-state index contributed by atoms with van der Waals surface area (Å²) >= 11 is 6.11. The van der Waals surface area contributed by atoms with Gasteiger partial charge in [0.15, 0.2) is 9.84 Å². The van der Waals surface area contributed by atoms with E-state index in [-0.39, 0.29) is 19.1 Å². The molecule has 2 N–H and O–H groups in total. The van der Waals surface area contributed by atoms with Gasteiger partial charge in [0.25, 0.3) is 0 Å². The van der Waals surface area contributed by atoms with Crippen LogP contribution in [0.1, 0.15) is 17.0 Å². The molecule has 0 bridgehead atoms. The normalized spacial score (nSPS) is 25.8. The third-order valence-electron chi connectivity index (χ3n) is 5.06. The molecule has 0 heterocycles. The van der Waals surface area contributed by atoms with Crippen LogP contribution in [0.5, 0.6) is 0 Å². The van der Waals surface area contributed by atoms with E-state index in [2.05, 4.69) is 0 Å². The van der Waals surface area contributed by atoms with Crippen molar-refractivity contribution in [3.8, 4) is 0 Å². The molecular weight excluding hydrogens is 358 g/mol. The number of benzene rings is 2. The van der Waals surface area contributed by atoms with Gasteiger partial charge >= 0.3 is 0 Å². The predicted octanol–water partition coefficient (Wildman–Crippen LogP) is 3.18. The Balaban J connectivity index is 2.07. The summed E-state index contributed by atoms with van der Waals surface area (Å²) in [5.74, 6) is -0.234. The predicted molar refractivity (Wildman–Crippen MR) is 99.7 cm³/mol. The number of halogens is 1. The van der Waals surface area contributed by atoms with Crippen LogP contribution in [0, 0.1) is 12.3 Å². The van der Waals surface area contributed by atoms with Crippen molar-refractivity contribution in [2.24, 2.45) is 11.1 Å². The van der Waals surface area contributed by atoms with Gasteiger partial charge < -0.3 is 10.5 Å². The lowest BCUT2D eigenvalue weighted by Crippen LogP contribution is -2.28. The summed E-state index contributed by atoms with van der Waals surface area (Å²) < 4.78 is 31.9. The molecule has 3 atom stereocenters. The van der Waals surface area contributed by atoms with Crippen molar-refractivity contribution in [3.05, 3.63) is 64.7 Å². The van der Waals surface area contributed by atoms with Crippen molar-refractivity contribution < 1.29 is 13.2 Å². The van der Waals surface area contributed by atoms with Crippen LogP contribution in [-0.4, -0.2) is 33.9 Å². The molecule has 0 saturated heterocycles. The first-order valence-electron chi connectivity index (χ1n) is 8.12. The van der Waals surface area contributed by atoms with Gasteiger partial charge in [-0.2, -0.15) is 0 Å². The number of hydrogen-bond acceptors (Lipinski definition) is 4. The zero-order chi connectivity index (χ0) is 18.2. The topological polar surface area (TPSA) is 69.4 Å². The van der Waals surface area contributed by atoms with Gasteiger partial charge in [-0.3, -0.25) is 0 Å². The van der Waals surface area contributed by atoms with E-state index in [1.165, 1.54) is 0 Å². The fourth-order valence-electron chi connectivity index (χ4n) is 3.77. The van der Waals surface area contributed by atoms with Crippen LogP contribution in [0.3, 0.4) is 0 Å². The first-order valence-corrected chi connectivity index (χ1v) is 10.0. The van der Waals surface area contributed by atoms with Crippen molar-refractivity contribution in [1.82, 2.24) is 0 Å². The molecule has 1 saturated carbocycles. The van der Waals surface area contributed by atoms with Gasteiger partial charge in [-0.1, -0.05) is 41.4 Å². The minimum atomic E-state index is -3.54. The lowest BCUT2D eigenvalue weighted by atomic mass is 10.00. The van der Waals surface area contributed by atoms with Gasteiger partial charge in [-0.25, -0.2) is 8.42 Å². The lowest BCUT2D eigenvalue weighted by molar-refractivity contribution is 0.142. The number of aryl methyl sites for hydroxylation is 1. The highest BCUT2D eigenvalue weighted by Gasteiger charge is 2.70. The molecule has 0 spiro atoms. The van der Waals surface area contributed by atoms with Crippen LogP contribution in [0.15, 0.2) is 53.4 Å². The Bertz CT molecular complexity index is 866. The highest BCUT2D eigenvalue weighted by molar-refractivity contribution is 7.92. The van der Waals surface area contributed by atoms with Crippen LogP contribution >= 0.6 is 11.6 Å². The first kappa shape index (κ1) is 18.4. The molecule has 0 amide bonds. The fraction of sp³-hybridized carbons (Fsp3) is 0.368. The first-order chi connectivity index (χ1) is 11.9. The maximum atomic E-state index is 13.3. The molecule has 6 heteroatoms. The molecule has 2 aromatic rings. The molecular formula is C19H22ClNO3S. The van der Waals surface area contributed by atoms with Gasteiger partial charge in [0.05, 0.1) is 16.8 Å². The molecule has 4 nitrogen and oxygen atoms in total. The zero-order valence-corrected chi connectivity index (χ0v) is 15.8. The molecule has 25 heavy (non-hydrogen) atoms. The Morgan fingerprint density at radius 3 is 2.44 bits per heavy atom. The van der Waals surface area contributed by atoms with Crippen LogP contribution < -0.4 is 5.73 Å². The van der Waals surface area contributed by atoms with Crippen LogP contribution in [0.4, 0.5) is 0 Å². The van der Waals surface area contributed by atoms with Crippen LogP contribution in [0.2, 0.25) is 5.02 Å². The van der Waals surface area contributed by atoms with Crippen molar-refractivity contribution in [3.63, 3.8) is 0 Å². The smallest absolute Gasteiger partial charge is 0.182 e. The molecule has 0 aliphatic heterocycles. The van der Waals surface area contributed by atoms with Crippen LogP contribution in [-0.2, 0) is 14.6 Å². The SMILES string of the molecule is COC[C@]1(CN)[C@@H](c2cccc(Cl)c2)[C@@H]1S(=O)(=O)c1ccc(C)cc1. The summed E-state index contributed by atoms with van der Waals surface area (Å²) in [7, 11) is -1.97. The van der Waals surface area contributed by atoms with E-state index in [9.17, 15) is 8.42 Å². The van der Waals surface area contributed by atoms with Gasteiger partial charge in [0, 0.05) is 30.0 Å². The maximum Gasteiger partial charge on any atom is 0.182 e. The van der Waals surface area contributed by atoms with E-state index in [4.69, 9.17) is 22.1 Å². The third kappa shape index (κ3) is 3.10. The Hall–Kier alpha value is -1.40. The van der Waals surface area contributed by atoms with E-state index >= 15 is 0 Å². The Morgan fingerprint density at radius 2 is 1.88 bits per heavy atom. The number of ether oxygens (including phenoxy) is 1. The van der Waals surface area contributed by atoms with E-state index in [1.54, 1.807) is 25.3 Å². The molecule has 0 radical (unpaired) electrons. The summed E-state index contributed by atoms with van der Waals surface area (Å²) in [6.07, 6.45) is 0. The largest absolute Gasteiger partial charge is 0.384 e. The molecule has 0 aromatic heterocycles. The van der Waals surface area contributed by atoms with Crippen molar-refractivity contribution in [2.75, 3.05) is 20.3 Å². The van der Waals surface area contributed by atoms with Gasteiger partial charge in [-0.05, 0) is 36.8 Å². The van der Waals surface area contributed by atoms with Crippen molar-refractivity contribution >= 4 is 21.4 Å². The quantitative estimate of drug-likeness (QED) is 0.836. The molecule has 134 valence electrons. The van der Waals surface area contributed by atoms with Gasteiger partial charge in [0.1, 0.15) is 0 Å². The second kappa shape index (κ2) is 6.72. The van der Waals surface area contributed by atoms with Crippen molar-refractivity contribution in [1.29, 1.82) is 0 Å². The van der Waals surface area contributed by atoms with E-state index in [1.807, 2.05) is 37.3 Å². The molecule has 3 rings (SSSR count). The second-order valence-electron chi connectivity index (χ2n) is 6.68. The standard InChI is InChI=1S/C19H22ClNO3S/c1-13-6-8-16(9-7-13)25(22,23)18-17(19(18,11-21)12-24-2)14-4-3-5-15(20)10-14/h3-10,17-18H,11-12,21H2,1-2H3/t17-,18-,19+/m0/s1. The Kier molecular flexibility index (Phi) is 4.95. The number of sulfone groups is 1. The minimum absolute atomic E-state index is 0.230. The summed E-state index contributed by atoms with van der Waals surface area (Å²) in [5, 5.41) is -0.0367. The van der Waals surface area contributed by atoms with Gasteiger partial charge in [-0.15, -0.1) is 0 Å². The molecule has 0 unspecified atom stereocenters. The molecule has 1 fully saturated rings. The average molecular weight is 380 g/mol. The third-order valence-corrected chi connectivity index (χ3v) is 7.64. The number of nitrogens with two attached hydrogens (primary N) is 1. The van der Waals surface area contributed by atoms with Crippen molar-refractivity contribution in [2.45, 2.75) is 23.0 Å². The summed E-state index contributed by atoms with van der Waals surface area (Å²) in [6.45, 7) is 2.45. The number of rotatable bonds is 6. The minimum Gasteiger partial charge on any atom is -0.384 e. The highest BCUT2D eigenvalue weighted by atomic mass is 35.5. The molecule has 1 aliphatic rings. The zero-order valence-electron chi connectivity index (χ0n) is 14.3. The Morgan fingerprint density at radius 1 is 1.20 bits per heavy atom. The fourth-order valence-corrected chi connectivity index (χ4v) is 6.41. The van der Waals surface area contributed by atoms with E-state index in [0.717, 1.165) is 11.1 Å². The Labute approximate surface area is 153 Å². The lowest BCUT2D eigenvalue weighted by Gasteiger charge is -2.15. The average Bonchev–Trinajstić information content (AvgIpc) is 3.26. The van der Waals surface area contributed by atoms with E-state index < -0.39 is 20.5 Å². The van der Waals surface area contributed by atoms with Gasteiger partial charge in [0.2, 0.25) is 0 Å². The summed E-state index contributed by atoms with van der Waals surface area (Å²) in [5.41, 5.74) is 7.30. The molecule has 1 aliphatic carbocycles. The summed E-state index contributed by atoms with van der Waals surface area (Å²) in [4.78, 5) is 0.321. The monoisotopic (exact) mass is 379 g/mol. The maximum absolute atomic E-state index is 13.3. The molecule has 2 aromatic carbocycles. The highest BCUT2D eigenvalue weighted by Crippen LogP contribution is 2.63. The number of methoxy groups -OCH3 is 1. The van der Waals surface area contributed by atoms with E-state index in [0.29, 0.717) is 9.92 Å². The van der Waals surface area contributed by atoms with Crippen LogP contribution in [0.25, 0.3) is 0 Å². The number of hydrogen-bond donors (Lipinski definition) is 1.